The first kappa shape index (κ1) is 23.2. The Bertz CT molecular complexity index is 1050. The van der Waals surface area contributed by atoms with Gasteiger partial charge in [0, 0.05) is 19.0 Å². The lowest BCUT2D eigenvalue weighted by molar-refractivity contribution is -0.136. The van der Waals surface area contributed by atoms with Crippen LogP contribution in [0.1, 0.15) is 54.9 Å². The third kappa shape index (κ3) is 5.88. The van der Waals surface area contributed by atoms with Crippen LogP contribution in [0.15, 0.2) is 60.7 Å². The highest BCUT2D eigenvalue weighted by Crippen LogP contribution is 2.33. The van der Waals surface area contributed by atoms with Crippen LogP contribution < -0.4 is 0 Å². The van der Waals surface area contributed by atoms with Gasteiger partial charge in [-0.25, -0.2) is 0 Å². The molecule has 0 spiro atoms. The van der Waals surface area contributed by atoms with Crippen molar-refractivity contribution in [1.82, 2.24) is 4.90 Å². The van der Waals surface area contributed by atoms with Gasteiger partial charge in [0.05, 0.1) is 0 Å². The van der Waals surface area contributed by atoms with Crippen LogP contribution in [0.3, 0.4) is 0 Å². The van der Waals surface area contributed by atoms with E-state index in [1.54, 1.807) is 6.08 Å². The van der Waals surface area contributed by atoms with Crippen molar-refractivity contribution in [1.29, 1.82) is 0 Å². The largest absolute Gasteiger partial charge is 0.388 e. The topological polar surface area (TPSA) is 57.6 Å². The summed E-state index contributed by atoms with van der Waals surface area (Å²) in [6, 6.07) is 16.5. The Kier molecular flexibility index (Phi) is 7.56. The fourth-order valence-electron chi connectivity index (χ4n) is 5.00. The molecule has 0 aromatic heterocycles. The maximum Gasteiger partial charge on any atom is 0.226 e. The molecule has 2 aromatic carbocycles. The van der Waals surface area contributed by atoms with Gasteiger partial charge in [0.25, 0.3) is 0 Å². The molecule has 172 valence electrons. The van der Waals surface area contributed by atoms with Crippen LogP contribution in [-0.4, -0.2) is 34.8 Å². The molecule has 0 aliphatic heterocycles. The first-order valence-electron chi connectivity index (χ1n) is 12.0. The monoisotopic (exact) mass is 443 g/mol. The van der Waals surface area contributed by atoms with E-state index in [0.29, 0.717) is 12.5 Å². The van der Waals surface area contributed by atoms with Gasteiger partial charge < -0.3 is 10.0 Å². The van der Waals surface area contributed by atoms with Gasteiger partial charge in [-0.1, -0.05) is 67.6 Å². The lowest BCUT2D eigenvalue weighted by atomic mass is 10.0. The van der Waals surface area contributed by atoms with E-state index in [9.17, 15) is 9.59 Å². The summed E-state index contributed by atoms with van der Waals surface area (Å²) in [6.07, 6.45) is 10.4. The minimum Gasteiger partial charge on any atom is -0.388 e. The van der Waals surface area contributed by atoms with Gasteiger partial charge >= 0.3 is 0 Å². The molecule has 0 radical (unpaired) electrons. The minimum absolute atomic E-state index is 0.136. The maximum atomic E-state index is 13.5. The molecule has 2 unspecified atom stereocenters. The van der Waals surface area contributed by atoms with Gasteiger partial charge in [0.2, 0.25) is 5.91 Å². The number of hydrogen-bond acceptors (Lipinski definition) is 3. The molecule has 1 N–H and O–H groups in total. The Hall–Kier alpha value is -2.98. The normalized spacial score (nSPS) is 19.5. The highest BCUT2D eigenvalue weighted by atomic mass is 16.3. The molecule has 2 aromatic rings. The second-order valence-corrected chi connectivity index (χ2v) is 9.41. The number of hydrogen-bond donors (Lipinski definition) is 1. The summed E-state index contributed by atoms with van der Waals surface area (Å²) in [7, 11) is 0. The first-order valence-corrected chi connectivity index (χ1v) is 12.0. The summed E-state index contributed by atoms with van der Waals surface area (Å²) in [5, 5.41) is 8.86. The summed E-state index contributed by atoms with van der Waals surface area (Å²) in [6.45, 7) is 3.08. The highest BCUT2D eigenvalue weighted by Gasteiger charge is 2.31. The summed E-state index contributed by atoms with van der Waals surface area (Å²) < 4.78 is 0. The van der Waals surface area contributed by atoms with Crippen molar-refractivity contribution in [3.63, 3.8) is 0 Å². The van der Waals surface area contributed by atoms with Crippen molar-refractivity contribution in [2.24, 2.45) is 11.8 Å². The van der Waals surface area contributed by atoms with Crippen molar-refractivity contribution in [2.45, 2.75) is 45.6 Å². The van der Waals surface area contributed by atoms with Crippen LogP contribution in [-0.2, 0) is 22.6 Å². The molecule has 33 heavy (non-hydrogen) atoms. The molecule has 0 saturated heterocycles. The number of ketones is 1. The zero-order valence-electron chi connectivity index (χ0n) is 19.4. The summed E-state index contributed by atoms with van der Waals surface area (Å²) in [5.41, 5.74) is 6.03. The van der Waals surface area contributed by atoms with Crippen molar-refractivity contribution in [2.75, 3.05) is 13.2 Å². The molecule has 1 saturated carbocycles. The number of amides is 1. The number of carbonyl (C=O) groups excluding carboxylic acids is 2. The van der Waals surface area contributed by atoms with Crippen LogP contribution in [0, 0.1) is 11.8 Å². The van der Waals surface area contributed by atoms with Gasteiger partial charge in [-0.2, -0.15) is 0 Å². The van der Waals surface area contributed by atoms with Crippen LogP contribution in [0.2, 0.25) is 0 Å². The molecule has 1 fully saturated rings. The number of rotatable bonds is 9. The number of nitrogens with zero attached hydrogens (tertiary/aromatic N) is 1. The molecule has 2 atom stereocenters. The quantitative estimate of drug-likeness (QED) is 0.552. The van der Waals surface area contributed by atoms with Crippen molar-refractivity contribution in [3.05, 3.63) is 82.9 Å². The smallest absolute Gasteiger partial charge is 0.226 e. The van der Waals surface area contributed by atoms with Gasteiger partial charge in [0.1, 0.15) is 6.61 Å². The van der Waals surface area contributed by atoms with Crippen molar-refractivity contribution in [3.8, 4) is 0 Å². The van der Waals surface area contributed by atoms with E-state index in [1.807, 2.05) is 29.2 Å². The van der Waals surface area contributed by atoms with Crippen molar-refractivity contribution < 1.29 is 14.7 Å². The third-order valence-electron chi connectivity index (χ3n) is 6.91. The number of fused-ring (bicyclic) bond motifs is 1. The van der Waals surface area contributed by atoms with E-state index in [-0.39, 0.29) is 17.6 Å². The van der Waals surface area contributed by atoms with E-state index < -0.39 is 6.61 Å². The highest BCUT2D eigenvalue weighted by molar-refractivity contribution is 5.94. The molecular formula is C29H33NO3. The number of benzene rings is 2. The van der Waals surface area contributed by atoms with Gasteiger partial charge in [-0.3, -0.25) is 9.59 Å². The Balaban J connectivity index is 1.45. The third-order valence-corrected chi connectivity index (χ3v) is 6.91. The Morgan fingerprint density at radius 3 is 2.61 bits per heavy atom. The number of aliphatic hydroxyl groups excluding tert-OH is 1. The van der Waals surface area contributed by atoms with Crippen LogP contribution >= 0.6 is 0 Å². The van der Waals surface area contributed by atoms with E-state index in [0.717, 1.165) is 49.8 Å². The standard InChI is InChI=1S/C29H33NO3/c1-21-6-12-26(18-21)29(33)30(17-16-25-14-13-24-4-2-3-5-28(24)25)19-23-9-7-22(8-10-23)11-15-27(32)20-31/h2-5,7-11,14-15,21,26,31H,6,12-13,16-20H2,1H3/b15-11+. The summed E-state index contributed by atoms with van der Waals surface area (Å²) in [4.78, 5) is 26.8. The lowest BCUT2D eigenvalue weighted by Gasteiger charge is -2.26. The van der Waals surface area contributed by atoms with Crippen molar-refractivity contribution >= 4 is 23.3 Å². The average Bonchev–Trinajstić information content (AvgIpc) is 3.46. The Labute approximate surface area is 196 Å². The van der Waals surface area contributed by atoms with E-state index in [2.05, 4.69) is 37.3 Å². The molecular weight excluding hydrogens is 410 g/mol. The fourth-order valence-corrected chi connectivity index (χ4v) is 5.00. The predicted molar refractivity (Wildman–Crippen MR) is 132 cm³/mol. The van der Waals surface area contributed by atoms with Gasteiger partial charge in [0.15, 0.2) is 5.78 Å². The number of carbonyl (C=O) groups is 2. The molecule has 2 aliphatic rings. The SMILES string of the molecule is CC1CCC(C(=O)N(CCC2=CCc3ccccc32)Cc2ccc(/C=C/C(=O)CO)cc2)C1. The molecule has 4 rings (SSSR count). The van der Waals surface area contributed by atoms with E-state index in [1.165, 1.54) is 22.8 Å². The number of aliphatic hydroxyl groups is 1. The fraction of sp³-hybridized carbons (Fsp3) is 0.379. The zero-order valence-corrected chi connectivity index (χ0v) is 19.4. The molecule has 1 amide bonds. The second-order valence-electron chi connectivity index (χ2n) is 9.41. The van der Waals surface area contributed by atoms with Crippen LogP contribution in [0.5, 0.6) is 0 Å². The predicted octanol–water partition coefficient (Wildman–Crippen LogP) is 5.06. The van der Waals surface area contributed by atoms with Crippen LogP contribution in [0.4, 0.5) is 0 Å². The minimum atomic E-state index is -0.480. The van der Waals surface area contributed by atoms with Crippen LogP contribution in [0.25, 0.3) is 11.6 Å². The average molecular weight is 444 g/mol. The Morgan fingerprint density at radius 2 is 1.88 bits per heavy atom. The zero-order chi connectivity index (χ0) is 23.2. The van der Waals surface area contributed by atoms with E-state index in [4.69, 9.17) is 5.11 Å². The summed E-state index contributed by atoms with van der Waals surface area (Å²) in [5.74, 6) is 0.725. The molecule has 0 bridgehead atoms. The first-order chi connectivity index (χ1) is 16.0. The molecule has 4 heteroatoms. The molecule has 0 heterocycles. The van der Waals surface area contributed by atoms with Gasteiger partial charge in [-0.15, -0.1) is 0 Å². The second kappa shape index (κ2) is 10.8. The number of allylic oxidation sites excluding steroid dienone is 1. The summed E-state index contributed by atoms with van der Waals surface area (Å²) >= 11 is 0. The van der Waals surface area contributed by atoms with E-state index >= 15 is 0 Å². The lowest BCUT2D eigenvalue weighted by Crippen LogP contribution is -2.35. The molecule has 2 aliphatic carbocycles. The van der Waals surface area contributed by atoms with Gasteiger partial charge in [-0.05, 0) is 71.9 Å². The Morgan fingerprint density at radius 1 is 1.09 bits per heavy atom. The molecule has 4 nitrogen and oxygen atoms in total. The maximum absolute atomic E-state index is 13.5.